The zero-order valence-electron chi connectivity index (χ0n) is 12.8. The maximum absolute atomic E-state index is 8.85. The number of hydrogen-bond donors (Lipinski definition) is 1. The zero-order chi connectivity index (χ0) is 17.4. The Hall–Kier alpha value is -2.12. The highest BCUT2D eigenvalue weighted by molar-refractivity contribution is 7.97. The molecule has 0 unspecified atom stereocenters. The molecule has 4 nitrogen and oxygen atoms in total. The van der Waals surface area contributed by atoms with Crippen molar-refractivity contribution in [1.29, 1.82) is 0 Å². The maximum atomic E-state index is 8.85. The number of rotatable bonds is 3. The van der Waals surface area contributed by atoms with Crippen LogP contribution in [0.3, 0.4) is 0 Å². The molecule has 0 bridgehead atoms. The Bertz CT molecular complexity index is 737. The van der Waals surface area contributed by atoms with Gasteiger partial charge in [0.15, 0.2) is 25.0 Å². The summed E-state index contributed by atoms with van der Waals surface area (Å²) in [5.74, 6) is 0. The molecule has 3 rings (SSSR count). The molecule has 0 heterocycles. The first-order valence-electron chi connectivity index (χ1n) is 7.08. The van der Waals surface area contributed by atoms with Gasteiger partial charge in [0.2, 0.25) is 0 Å². The first-order valence-corrected chi connectivity index (χ1v) is 9.78. The number of hydrogen-bond acceptors (Lipinski definition) is 3. The van der Waals surface area contributed by atoms with Gasteiger partial charge in [0.1, 0.15) is 0 Å². The molecule has 0 atom stereocenters. The Morgan fingerprint density at radius 2 is 0.833 bits per heavy atom. The van der Waals surface area contributed by atoms with Gasteiger partial charge >= 0.3 is 0 Å². The molecule has 0 spiro atoms. The largest absolute Gasteiger partial charge is 0.736 e. The third kappa shape index (κ3) is 6.17. The summed E-state index contributed by atoms with van der Waals surface area (Å²) in [5.41, 5.74) is 0. The van der Waals surface area contributed by atoms with Gasteiger partial charge < -0.3 is 4.55 Å². The van der Waals surface area contributed by atoms with Gasteiger partial charge in [-0.25, -0.2) is 13.6 Å². The molecule has 0 aliphatic carbocycles. The fourth-order valence-electron chi connectivity index (χ4n) is 2.08. The van der Waals surface area contributed by atoms with Crippen molar-refractivity contribution in [3.05, 3.63) is 91.0 Å². The van der Waals surface area contributed by atoms with Crippen molar-refractivity contribution in [3.8, 4) is 0 Å². The highest BCUT2D eigenvalue weighted by atomic mass is 32.2. The molecule has 24 heavy (non-hydrogen) atoms. The van der Waals surface area contributed by atoms with Crippen LogP contribution in [0.1, 0.15) is 0 Å². The van der Waals surface area contributed by atoms with Crippen molar-refractivity contribution in [3.63, 3.8) is 0 Å². The standard InChI is InChI=1S/C18H15S.H3NO3S/c1-4-10-16(11-5-1)19(17-12-6-2-7-13-17)18-14-8-3-9-15-18;1-5(2,3)4/h1-15H;(H3,1,2,3,4)/q+1;/p-1. The van der Waals surface area contributed by atoms with E-state index < -0.39 is 10.3 Å². The van der Waals surface area contributed by atoms with Crippen LogP contribution in [-0.4, -0.2) is 13.0 Å². The van der Waals surface area contributed by atoms with E-state index in [9.17, 15) is 0 Å². The lowest BCUT2D eigenvalue weighted by Crippen LogP contribution is -2.08. The lowest BCUT2D eigenvalue weighted by molar-refractivity contribution is 0.464. The normalized spacial score (nSPS) is 10.8. The van der Waals surface area contributed by atoms with E-state index in [1.165, 1.54) is 14.7 Å². The SMILES string of the molecule is NS(=O)(=O)[O-].c1ccc([S+](c2ccccc2)c2ccccc2)cc1. The van der Waals surface area contributed by atoms with Crippen molar-refractivity contribution < 1.29 is 13.0 Å². The van der Waals surface area contributed by atoms with Gasteiger partial charge in [0.05, 0.1) is 10.9 Å². The van der Waals surface area contributed by atoms with Gasteiger partial charge in [-0.15, -0.1) is 0 Å². The Balaban J connectivity index is 0.000000368. The van der Waals surface area contributed by atoms with Gasteiger partial charge in [-0.3, -0.25) is 0 Å². The Kier molecular flexibility index (Phi) is 6.57. The minimum Gasteiger partial charge on any atom is -0.736 e. The second-order valence-electron chi connectivity index (χ2n) is 4.74. The molecule has 6 heteroatoms. The number of benzene rings is 3. The highest BCUT2D eigenvalue weighted by Gasteiger charge is 2.27. The molecule has 0 radical (unpaired) electrons. The van der Waals surface area contributed by atoms with Crippen LogP contribution in [-0.2, 0) is 21.2 Å². The van der Waals surface area contributed by atoms with E-state index in [2.05, 4.69) is 96.1 Å². The Labute approximate surface area is 145 Å². The van der Waals surface area contributed by atoms with E-state index in [0.717, 1.165) is 0 Å². The molecule has 2 N–H and O–H groups in total. The monoisotopic (exact) mass is 359 g/mol. The quantitative estimate of drug-likeness (QED) is 0.576. The molecular weight excluding hydrogens is 342 g/mol. The first-order chi connectivity index (χ1) is 11.4. The molecule has 0 aliphatic heterocycles. The molecule has 0 saturated carbocycles. The molecule has 124 valence electrons. The molecule has 3 aromatic rings. The van der Waals surface area contributed by atoms with E-state index >= 15 is 0 Å². The van der Waals surface area contributed by atoms with E-state index in [4.69, 9.17) is 13.0 Å². The Morgan fingerprint density at radius 3 is 1.04 bits per heavy atom. The van der Waals surface area contributed by atoms with Crippen LogP contribution in [0.4, 0.5) is 0 Å². The van der Waals surface area contributed by atoms with Gasteiger partial charge in [-0.1, -0.05) is 54.6 Å². The second-order valence-corrected chi connectivity index (χ2v) is 7.75. The molecule has 0 saturated heterocycles. The van der Waals surface area contributed by atoms with Crippen molar-refractivity contribution in [2.45, 2.75) is 14.7 Å². The third-order valence-electron chi connectivity index (χ3n) is 2.94. The maximum Gasteiger partial charge on any atom is 0.166 e. The summed E-state index contributed by atoms with van der Waals surface area (Å²) in [6.07, 6.45) is 0. The van der Waals surface area contributed by atoms with Gasteiger partial charge in [0, 0.05) is 0 Å². The van der Waals surface area contributed by atoms with Crippen LogP contribution < -0.4 is 5.14 Å². The summed E-state index contributed by atoms with van der Waals surface area (Å²) in [4.78, 5) is 4.08. The summed E-state index contributed by atoms with van der Waals surface area (Å²) < 4.78 is 26.6. The van der Waals surface area contributed by atoms with E-state index in [1.54, 1.807) is 0 Å². The highest BCUT2D eigenvalue weighted by Crippen LogP contribution is 2.30. The third-order valence-corrected chi connectivity index (χ3v) is 5.17. The average Bonchev–Trinajstić information content (AvgIpc) is 2.57. The lowest BCUT2D eigenvalue weighted by Gasteiger charge is -2.07. The van der Waals surface area contributed by atoms with Crippen molar-refractivity contribution in [2.75, 3.05) is 0 Å². The smallest absolute Gasteiger partial charge is 0.166 e. The van der Waals surface area contributed by atoms with Crippen LogP contribution >= 0.6 is 0 Å². The van der Waals surface area contributed by atoms with Crippen LogP contribution in [0.25, 0.3) is 0 Å². The predicted octanol–water partition coefficient (Wildman–Crippen LogP) is 3.19. The van der Waals surface area contributed by atoms with Gasteiger partial charge in [-0.05, 0) is 36.4 Å². The average molecular weight is 359 g/mol. The van der Waals surface area contributed by atoms with E-state index in [1.807, 2.05) is 0 Å². The molecule has 3 aromatic carbocycles. The summed E-state index contributed by atoms with van der Waals surface area (Å²) in [6, 6.07) is 32.2. The van der Waals surface area contributed by atoms with E-state index in [-0.39, 0.29) is 10.9 Å². The topological polar surface area (TPSA) is 83.2 Å². The summed E-state index contributed by atoms with van der Waals surface area (Å²) in [6.45, 7) is 0. The summed E-state index contributed by atoms with van der Waals surface area (Å²) in [7, 11) is -4.43. The minimum absolute atomic E-state index is 0.0146. The molecule has 0 aliphatic rings. The second kappa shape index (κ2) is 8.65. The molecule has 0 aromatic heterocycles. The van der Waals surface area contributed by atoms with Crippen molar-refractivity contribution in [1.82, 2.24) is 0 Å². The molecular formula is C18H17NO3S2. The van der Waals surface area contributed by atoms with Crippen molar-refractivity contribution in [2.24, 2.45) is 5.14 Å². The number of nitrogens with two attached hydrogens (primary N) is 1. The molecule has 0 amide bonds. The minimum atomic E-state index is -4.42. The molecule has 0 fully saturated rings. The van der Waals surface area contributed by atoms with E-state index in [0.29, 0.717) is 0 Å². The Morgan fingerprint density at radius 1 is 0.625 bits per heavy atom. The zero-order valence-corrected chi connectivity index (χ0v) is 14.4. The van der Waals surface area contributed by atoms with Crippen molar-refractivity contribution >= 4 is 21.2 Å². The predicted molar refractivity (Wildman–Crippen MR) is 95.4 cm³/mol. The van der Waals surface area contributed by atoms with Crippen LogP contribution in [0.2, 0.25) is 0 Å². The fraction of sp³-hybridized carbons (Fsp3) is 0. The van der Waals surface area contributed by atoms with Crippen LogP contribution in [0.5, 0.6) is 0 Å². The van der Waals surface area contributed by atoms with Crippen LogP contribution in [0, 0.1) is 0 Å². The fourth-order valence-corrected chi connectivity index (χ4v) is 4.18. The van der Waals surface area contributed by atoms with Gasteiger partial charge in [-0.2, -0.15) is 0 Å². The van der Waals surface area contributed by atoms with Crippen LogP contribution in [0.15, 0.2) is 106 Å². The summed E-state index contributed by atoms with van der Waals surface area (Å²) in [5, 5.41) is 3.77. The van der Waals surface area contributed by atoms with Gasteiger partial charge in [0.25, 0.3) is 0 Å². The first kappa shape index (κ1) is 18.2. The summed E-state index contributed by atoms with van der Waals surface area (Å²) >= 11 is 0. The lowest BCUT2D eigenvalue weighted by atomic mass is 10.4.